The van der Waals surface area contributed by atoms with Gasteiger partial charge in [0, 0.05) is 36.8 Å². The smallest absolute Gasteiger partial charge is 0.0949 e. The molecule has 4 heterocycles. The summed E-state index contributed by atoms with van der Waals surface area (Å²) in [5.41, 5.74) is 0.0600. The van der Waals surface area contributed by atoms with Crippen molar-refractivity contribution in [2.24, 2.45) is 0 Å². The van der Waals surface area contributed by atoms with E-state index in [9.17, 15) is 0 Å². The number of ether oxygens (including phenoxy) is 1. The molecule has 2 aliphatic rings. The number of hydrogen-bond acceptors (Lipinski definition) is 4. The van der Waals surface area contributed by atoms with Crippen molar-refractivity contribution in [3.05, 3.63) is 41.1 Å². The van der Waals surface area contributed by atoms with Crippen LogP contribution in [0.25, 0.3) is 0 Å². The van der Waals surface area contributed by atoms with Crippen LogP contribution in [0.15, 0.2) is 36.2 Å². The van der Waals surface area contributed by atoms with Gasteiger partial charge in [-0.3, -0.25) is 4.90 Å². The Morgan fingerprint density at radius 2 is 2.48 bits per heavy atom. The lowest BCUT2D eigenvalue weighted by atomic mass is 9.88. The summed E-state index contributed by atoms with van der Waals surface area (Å²) in [4.78, 5) is 8.18. The first-order chi connectivity index (χ1) is 10.3. The van der Waals surface area contributed by atoms with Crippen molar-refractivity contribution >= 4 is 11.3 Å². The summed E-state index contributed by atoms with van der Waals surface area (Å²) in [7, 11) is 0. The second kappa shape index (κ2) is 5.55. The van der Waals surface area contributed by atoms with Crippen molar-refractivity contribution in [3.63, 3.8) is 0 Å². The fourth-order valence-electron chi connectivity index (χ4n) is 3.73. The molecule has 0 saturated carbocycles. The van der Waals surface area contributed by atoms with Crippen molar-refractivity contribution in [3.8, 4) is 0 Å². The Morgan fingerprint density at radius 3 is 3.29 bits per heavy atom. The molecule has 2 saturated heterocycles. The van der Waals surface area contributed by atoms with Crippen molar-refractivity contribution in [1.82, 2.24) is 14.5 Å². The Labute approximate surface area is 129 Å². The molecule has 2 aromatic rings. The number of aromatic nitrogens is 2. The van der Waals surface area contributed by atoms with Crippen LogP contribution in [-0.2, 0) is 11.3 Å². The standard InChI is InChI=1S/C16H21N3OS/c1-3-15(21-8-1)10-18-6-2-4-16(12-18)9-14(11-20-16)19-7-5-17-13-19/h1,3,5,7-8,13-14H,2,4,6,9-12H2/t14-,16-/m0/s1. The van der Waals surface area contributed by atoms with Crippen molar-refractivity contribution in [2.75, 3.05) is 19.7 Å². The summed E-state index contributed by atoms with van der Waals surface area (Å²) >= 11 is 1.85. The molecule has 112 valence electrons. The zero-order valence-corrected chi connectivity index (χ0v) is 13.0. The molecule has 0 amide bonds. The fourth-order valence-corrected chi connectivity index (χ4v) is 4.48. The van der Waals surface area contributed by atoms with Gasteiger partial charge >= 0.3 is 0 Å². The number of hydrogen-bond donors (Lipinski definition) is 0. The molecule has 4 rings (SSSR count). The van der Waals surface area contributed by atoms with E-state index < -0.39 is 0 Å². The number of thiophene rings is 1. The summed E-state index contributed by atoms with van der Waals surface area (Å²) in [5, 5.41) is 2.16. The number of nitrogens with zero attached hydrogens (tertiary/aromatic N) is 3. The summed E-state index contributed by atoms with van der Waals surface area (Å²) < 4.78 is 8.48. The van der Waals surface area contributed by atoms with Crippen LogP contribution >= 0.6 is 11.3 Å². The van der Waals surface area contributed by atoms with Gasteiger partial charge in [0.1, 0.15) is 0 Å². The minimum Gasteiger partial charge on any atom is -0.371 e. The lowest BCUT2D eigenvalue weighted by molar-refractivity contribution is -0.0532. The summed E-state index contributed by atoms with van der Waals surface area (Å²) in [6, 6.07) is 4.82. The number of rotatable bonds is 3. The minimum absolute atomic E-state index is 0.0600. The van der Waals surface area contributed by atoms with Gasteiger partial charge in [0.25, 0.3) is 0 Å². The van der Waals surface area contributed by atoms with Crippen LogP contribution in [0.1, 0.15) is 30.2 Å². The van der Waals surface area contributed by atoms with Crippen LogP contribution in [0.2, 0.25) is 0 Å². The molecule has 21 heavy (non-hydrogen) atoms. The van der Waals surface area contributed by atoms with E-state index in [0.717, 1.165) is 26.1 Å². The molecule has 2 fully saturated rings. The Balaban J connectivity index is 1.43. The normalized spacial score (nSPS) is 30.2. The Bertz CT molecular complexity index is 568. The van der Waals surface area contributed by atoms with Gasteiger partial charge in [-0.1, -0.05) is 6.07 Å². The van der Waals surface area contributed by atoms with E-state index in [0.29, 0.717) is 6.04 Å². The monoisotopic (exact) mass is 303 g/mol. The van der Waals surface area contributed by atoms with E-state index in [4.69, 9.17) is 4.74 Å². The minimum atomic E-state index is 0.0600. The van der Waals surface area contributed by atoms with Crippen LogP contribution in [0.5, 0.6) is 0 Å². The molecule has 4 nitrogen and oxygen atoms in total. The molecule has 2 aliphatic heterocycles. The van der Waals surface area contributed by atoms with E-state index in [2.05, 4.69) is 38.2 Å². The molecule has 1 spiro atoms. The van der Waals surface area contributed by atoms with Gasteiger partial charge in [-0.05, 0) is 30.8 Å². The first-order valence-corrected chi connectivity index (χ1v) is 8.57. The number of likely N-dealkylation sites (tertiary alicyclic amines) is 1. The molecule has 0 radical (unpaired) electrons. The van der Waals surface area contributed by atoms with Gasteiger partial charge in [0.15, 0.2) is 0 Å². The van der Waals surface area contributed by atoms with Gasteiger partial charge in [-0.2, -0.15) is 0 Å². The van der Waals surface area contributed by atoms with Crippen LogP contribution in [0.3, 0.4) is 0 Å². The fraction of sp³-hybridized carbons (Fsp3) is 0.562. The first kappa shape index (κ1) is 13.5. The van der Waals surface area contributed by atoms with Crippen molar-refractivity contribution in [1.29, 1.82) is 0 Å². The highest BCUT2D eigenvalue weighted by Gasteiger charge is 2.43. The average Bonchev–Trinajstić information content (AvgIpc) is 3.20. The van der Waals surface area contributed by atoms with Gasteiger partial charge in [0.2, 0.25) is 0 Å². The molecule has 5 heteroatoms. The van der Waals surface area contributed by atoms with Crippen LogP contribution in [0.4, 0.5) is 0 Å². The van der Waals surface area contributed by atoms with Gasteiger partial charge in [0.05, 0.1) is 24.6 Å². The summed E-state index contributed by atoms with van der Waals surface area (Å²) in [5.74, 6) is 0. The third kappa shape index (κ3) is 2.78. The Hall–Kier alpha value is -1.17. The predicted octanol–water partition coefficient (Wildman–Crippen LogP) is 2.94. The molecule has 2 aromatic heterocycles. The lowest BCUT2D eigenvalue weighted by Crippen LogP contribution is -2.47. The maximum Gasteiger partial charge on any atom is 0.0949 e. The molecule has 0 aliphatic carbocycles. The van der Waals surface area contributed by atoms with Crippen molar-refractivity contribution < 1.29 is 4.74 Å². The lowest BCUT2D eigenvalue weighted by Gasteiger charge is -2.39. The molecule has 0 aromatic carbocycles. The van der Waals surface area contributed by atoms with E-state index in [1.807, 2.05) is 23.9 Å². The number of piperidine rings is 1. The maximum absolute atomic E-state index is 6.28. The second-order valence-electron chi connectivity index (χ2n) is 6.26. The molecular weight excluding hydrogens is 282 g/mol. The number of imidazole rings is 1. The van der Waals surface area contributed by atoms with Crippen LogP contribution in [0, 0.1) is 0 Å². The Morgan fingerprint density at radius 1 is 1.48 bits per heavy atom. The first-order valence-electron chi connectivity index (χ1n) is 7.69. The molecule has 2 atom stereocenters. The molecular formula is C16H21N3OS. The summed E-state index contributed by atoms with van der Waals surface area (Å²) in [6.45, 7) is 4.15. The molecule has 0 N–H and O–H groups in total. The SMILES string of the molecule is c1csc(CN2CCC[C@]3(C[C@H](n4ccnc4)CO3)C2)c1. The molecule has 0 bridgehead atoms. The highest BCUT2D eigenvalue weighted by molar-refractivity contribution is 7.09. The predicted molar refractivity (Wildman–Crippen MR) is 83.4 cm³/mol. The third-order valence-electron chi connectivity index (χ3n) is 4.71. The summed E-state index contributed by atoms with van der Waals surface area (Å²) in [6.07, 6.45) is 9.37. The highest BCUT2D eigenvalue weighted by Crippen LogP contribution is 2.39. The van der Waals surface area contributed by atoms with Gasteiger partial charge < -0.3 is 9.30 Å². The van der Waals surface area contributed by atoms with E-state index in [1.54, 1.807) is 0 Å². The second-order valence-corrected chi connectivity index (χ2v) is 7.29. The van der Waals surface area contributed by atoms with E-state index >= 15 is 0 Å². The highest BCUT2D eigenvalue weighted by atomic mass is 32.1. The average molecular weight is 303 g/mol. The molecule has 0 unspecified atom stereocenters. The topological polar surface area (TPSA) is 30.3 Å². The van der Waals surface area contributed by atoms with Crippen molar-refractivity contribution in [2.45, 2.75) is 37.5 Å². The maximum atomic E-state index is 6.28. The third-order valence-corrected chi connectivity index (χ3v) is 5.58. The zero-order chi connectivity index (χ0) is 14.1. The quantitative estimate of drug-likeness (QED) is 0.873. The zero-order valence-electron chi connectivity index (χ0n) is 12.1. The van der Waals surface area contributed by atoms with Gasteiger partial charge in [-0.25, -0.2) is 4.98 Å². The Kier molecular flexibility index (Phi) is 3.57. The van der Waals surface area contributed by atoms with E-state index in [-0.39, 0.29) is 5.60 Å². The van der Waals surface area contributed by atoms with E-state index in [1.165, 1.54) is 24.3 Å². The van der Waals surface area contributed by atoms with Crippen LogP contribution < -0.4 is 0 Å². The largest absolute Gasteiger partial charge is 0.371 e. The van der Waals surface area contributed by atoms with Crippen LogP contribution in [-0.4, -0.2) is 39.7 Å². The van der Waals surface area contributed by atoms with Gasteiger partial charge in [-0.15, -0.1) is 11.3 Å².